The van der Waals surface area contributed by atoms with Gasteiger partial charge < -0.3 is 14.2 Å². The number of rotatable bonds is 8. The molecule has 0 aliphatic heterocycles. The van der Waals surface area contributed by atoms with E-state index < -0.39 is 0 Å². The molecule has 6 nitrogen and oxygen atoms in total. The monoisotopic (exact) mass is 403 g/mol. The molecule has 0 amide bonds. The van der Waals surface area contributed by atoms with E-state index in [1.54, 1.807) is 16.7 Å². The molecule has 3 aromatic rings. The fourth-order valence-electron chi connectivity index (χ4n) is 2.84. The third kappa shape index (κ3) is 4.01. The summed E-state index contributed by atoms with van der Waals surface area (Å²) in [6, 6.07) is 9.72. The largest absolute Gasteiger partial charge is 0.490 e. The number of halogens is 1. The number of hydrogen-bond acceptors (Lipinski definition) is 5. The molecule has 1 heterocycles. The molecule has 1 N–H and O–H groups in total. The van der Waals surface area contributed by atoms with E-state index in [2.05, 4.69) is 10.2 Å². The highest BCUT2D eigenvalue weighted by atomic mass is 32.1. The number of nitrogens with zero attached hydrogens (tertiary/aromatic N) is 2. The minimum absolute atomic E-state index is 0.321. The molecule has 0 aliphatic rings. The molecule has 0 bridgehead atoms. The number of hydrogen-bond donors (Lipinski definition) is 1. The van der Waals surface area contributed by atoms with Crippen LogP contribution in [0.25, 0.3) is 17.1 Å². The highest BCUT2D eigenvalue weighted by Gasteiger charge is 2.19. The first-order chi connectivity index (χ1) is 13.6. The standard InChI is InChI=1S/C20H22FN3O3S/c1-4-25-16-11-13(12-17(26-5-2)18(16)27-6-3)19-22-23-20(28)24(19)15-9-7-14(21)8-10-15/h7-12H,4-6H2,1-3H3,(H,23,28). The third-order valence-corrected chi connectivity index (χ3v) is 4.20. The molecule has 0 saturated heterocycles. The van der Waals surface area contributed by atoms with Crippen LogP contribution in [0, 0.1) is 10.6 Å². The molecule has 28 heavy (non-hydrogen) atoms. The minimum Gasteiger partial charge on any atom is -0.490 e. The van der Waals surface area contributed by atoms with Crippen molar-refractivity contribution in [1.29, 1.82) is 0 Å². The van der Waals surface area contributed by atoms with Gasteiger partial charge in [-0.15, -0.1) is 0 Å². The quantitative estimate of drug-likeness (QED) is 0.540. The van der Waals surface area contributed by atoms with Gasteiger partial charge in [0.2, 0.25) is 5.75 Å². The lowest BCUT2D eigenvalue weighted by Gasteiger charge is -2.17. The van der Waals surface area contributed by atoms with Crippen molar-refractivity contribution in [3.8, 4) is 34.3 Å². The molecule has 0 saturated carbocycles. The predicted molar refractivity (Wildman–Crippen MR) is 108 cm³/mol. The van der Waals surface area contributed by atoms with Crippen LogP contribution in [0.3, 0.4) is 0 Å². The van der Waals surface area contributed by atoms with Gasteiger partial charge in [0, 0.05) is 5.56 Å². The zero-order valence-corrected chi connectivity index (χ0v) is 16.8. The summed E-state index contributed by atoms with van der Waals surface area (Å²) in [6.07, 6.45) is 0. The molecule has 0 aliphatic carbocycles. The number of ether oxygens (including phenoxy) is 3. The van der Waals surface area contributed by atoms with Crippen LogP contribution in [-0.4, -0.2) is 34.6 Å². The van der Waals surface area contributed by atoms with Crippen molar-refractivity contribution in [2.24, 2.45) is 0 Å². The molecule has 0 unspecified atom stereocenters. The summed E-state index contributed by atoms with van der Waals surface area (Å²) < 4.78 is 32.8. The van der Waals surface area contributed by atoms with E-state index in [4.69, 9.17) is 26.4 Å². The van der Waals surface area contributed by atoms with Crippen LogP contribution < -0.4 is 14.2 Å². The second kappa shape index (κ2) is 8.88. The fourth-order valence-corrected chi connectivity index (χ4v) is 3.08. The van der Waals surface area contributed by atoms with Crippen LogP contribution in [-0.2, 0) is 0 Å². The lowest BCUT2D eigenvalue weighted by atomic mass is 10.1. The lowest BCUT2D eigenvalue weighted by Crippen LogP contribution is -2.04. The average molecular weight is 403 g/mol. The number of H-pyrrole nitrogens is 1. The fraction of sp³-hybridized carbons (Fsp3) is 0.300. The average Bonchev–Trinajstić information content (AvgIpc) is 3.07. The van der Waals surface area contributed by atoms with Crippen LogP contribution in [0.2, 0.25) is 0 Å². The topological polar surface area (TPSA) is 61.3 Å². The van der Waals surface area contributed by atoms with Gasteiger partial charge in [0.1, 0.15) is 5.82 Å². The maximum atomic E-state index is 13.3. The second-order valence-corrected chi connectivity index (χ2v) is 6.15. The van der Waals surface area contributed by atoms with Gasteiger partial charge in [-0.25, -0.2) is 4.39 Å². The Hall–Kier alpha value is -2.87. The van der Waals surface area contributed by atoms with Gasteiger partial charge in [-0.2, -0.15) is 5.10 Å². The van der Waals surface area contributed by atoms with Crippen LogP contribution in [0.5, 0.6) is 17.2 Å². The highest BCUT2D eigenvalue weighted by Crippen LogP contribution is 2.42. The molecular formula is C20H22FN3O3S. The maximum Gasteiger partial charge on any atom is 0.203 e. The van der Waals surface area contributed by atoms with Gasteiger partial charge in [-0.1, -0.05) is 0 Å². The second-order valence-electron chi connectivity index (χ2n) is 5.76. The summed E-state index contributed by atoms with van der Waals surface area (Å²) in [6.45, 7) is 7.13. The van der Waals surface area contributed by atoms with Crippen molar-refractivity contribution in [3.63, 3.8) is 0 Å². The summed E-state index contributed by atoms with van der Waals surface area (Å²) in [7, 11) is 0. The molecule has 0 radical (unpaired) electrons. The first kappa shape index (κ1) is 19.9. The van der Waals surface area contributed by atoms with E-state index in [9.17, 15) is 4.39 Å². The smallest absolute Gasteiger partial charge is 0.203 e. The zero-order valence-electron chi connectivity index (χ0n) is 16.0. The SMILES string of the molecule is CCOc1cc(-c2n[nH]c(=S)n2-c2ccc(F)cc2)cc(OCC)c1OCC. The Morgan fingerprint density at radius 2 is 1.54 bits per heavy atom. The van der Waals surface area contributed by atoms with Gasteiger partial charge in [0.25, 0.3) is 0 Å². The molecule has 0 spiro atoms. The molecule has 2 aromatic carbocycles. The van der Waals surface area contributed by atoms with E-state index in [-0.39, 0.29) is 5.82 Å². The van der Waals surface area contributed by atoms with E-state index in [1.807, 2.05) is 32.9 Å². The van der Waals surface area contributed by atoms with E-state index >= 15 is 0 Å². The van der Waals surface area contributed by atoms with Crippen molar-refractivity contribution in [3.05, 3.63) is 47.0 Å². The number of aromatic amines is 1. The van der Waals surface area contributed by atoms with Crippen molar-refractivity contribution < 1.29 is 18.6 Å². The lowest BCUT2D eigenvalue weighted by molar-refractivity contribution is 0.261. The maximum absolute atomic E-state index is 13.3. The molecule has 1 aromatic heterocycles. The van der Waals surface area contributed by atoms with Crippen LogP contribution >= 0.6 is 12.2 Å². The Bertz CT molecular complexity index is 972. The van der Waals surface area contributed by atoms with Crippen LogP contribution in [0.1, 0.15) is 20.8 Å². The third-order valence-electron chi connectivity index (χ3n) is 3.92. The molecule has 148 valence electrons. The summed E-state index contributed by atoms with van der Waals surface area (Å²) in [5, 5.41) is 7.16. The van der Waals surface area contributed by atoms with Crippen molar-refractivity contribution >= 4 is 12.2 Å². The van der Waals surface area contributed by atoms with E-state index in [0.29, 0.717) is 53.4 Å². The Balaban J connectivity index is 2.19. The zero-order chi connectivity index (χ0) is 20.1. The first-order valence-corrected chi connectivity index (χ1v) is 9.50. The first-order valence-electron chi connectivity index (χ1n) is 9.09. The molecular weight excluding hydrogens is 381 g/mol. The Kier molecular flexibility index (Phi) is 6.30. The minimum atomic E-state index is -0.321. The molecule has 3 rings (SSSR count). The Morgan fingerprint density at radius 1 is 0.964 bits per heavy atom. The van der Waals surface area contributed by atoms with Crippen molar-refractivity contribution in [2.75, 3.05) is 19.8 Å². The number of aromatic nitrogens is 3. The summed E-state index contributed by atoms with van der Waals surface area (Å²) in [4.78, 5) is 0. The Labute approximate surface area is 167 Å². The van der Waals surface area contributed by atoms with Crippen molar-refractivity contribution in [2.45, 2.75) is 20.8 Å². The van der Waals surface area contributed by atoms with E-state index in [0.717, 1.165) is 5.56 Å². The normalized spacial score (nSPS) is 10.7. The number of nitrogens with one attached hydrogen (secondary N) is 1. The van der Waals surface area contributed by atoms with Crippen LogP contribution in [0.15, 0.2) is 36.4 Å². The summed E-state index contributed by atoms with van der Waals surface area (Å²) in [5.74, 6) is 1.91. The van der Waals surface area contributed by atoms with Gasteiger partial charge in [0.15, 0.2) is 22.1 Å². The molecule has 0 atom stereocenters. The van der Waals surface area contributed by atoms with Gasteiger partial charge in [-0.3, -0.25) is 9.67 Å². The van der Waals surface area contributed by atoms with Gasteiger partial charge >= 0.3 is 0 Å². The number of benzene rings is 2. The Morgan fingerprint density at radius 3 is 2.07 bits per heavy atom. The van der Waals surface area contributed by atoms with E-state index in [1.165, 1.54) is 12.1 Å². The van der Waals surface area contributed by atoms with Gasteiger partial charge in [-0.05, 0) is 69.4 Å². The van der Waals surface area contributed by atoms with Crippen LogP contribution in [0.4, 0.5) is 4.39 Å². The van der Waals surface area contributed by atoms with Crippen molar-refractivity contribution in [1.82, 2.24) is 14.8 Å². The highest BCUT2D eigenvalue weighted by molar-refractivity contribution is 7.71. The summed E-state index contributed by atoms with van der Waals surface area (Å²) in [5.41, 5.74) is 1.42. The van der Waals surface area contributed by atoms with Gasteiger partial charge in [0.05, 0.1) is 25.5 Å². The molecule has 0 fully saturated rings. The summed E-state index contributed by atoms with van der Waals surface area (Å²) >= 11 is 5.39. The predicted octanol–water partition coefficient (Wildman–Crippen LogP) is 4.93. The molecule has 8 heteroatoms.